The van der Waals surface area contributed by atoms with Crippen LogP contribution in [0.5, 0.6) is 0 Å². The summed E-state index contributed by atoms with van der Waals surface area (Å²) in [6, 6.07) is 15.7. The molecule has 5 heteroatoms. The predicted molar refractivity (Wildman–Crippen MR) is 105 cm³/mol. The average Bonchev–Trinajstić information content (AvgIpc) is 2.70. The van der Waals surface area contributed by atoms with Crippen molar-refractivity contribution in [2.45, 2.75) is 31.7 Å². The molecule has 0 aliphatic carbocycles. The third-order valence-corrected chi connectivity index (χ3v) is 5.22. The first kappa shape index (κ1) is 20.6. The molecule has 1 unspecified atom stereocenters. The second kappa shape index (κ2) is 9.39. The van der Waals surface area contributed by atoms with Gasteiger partial charge >= 0.3 is 6.18 Å². The highest BCUT2D eigenvalue weighted by atomic mass is 19.4. The maximum Gasteiger partial charge on any atom is 0.416 e. The van der Waals surface area contributed by atoms with Crippen LogP contribution in [0.4, 0.5) is 13.2 Å². The lowest BCUT2D eigenvalue weighted by Crippen LogP contribution is -2.34. The van der Waals surface area contributed by atoms with Crippen molar-refractivity contribution in [3.8, 4) is 0 Å². The number of rotatable bonds is 7. The van der Waals surface area contributed by atoms with Gasteiger partial charge in [0.2, 0.25) is 0 Å². The molecule has 2 aromatic rings. The molecule has 0 N–H and O–H groups in total. The number of hydrogen-bond acceptors (Lipinski definition) is 2. The van der Waals surface area contributed by atoms with Gasteiger partial charge in [0.05, 0.1) is 12.2 Å². The van der Waals surface area contributed by atoms with Crippen LogP contribution in [0.1, 0.15) is 35.6 Å². The van der Waals surface area contributed by atoms with E-state index >= 15 is 0 Å². The Morgan fingerprint density at radius 2 is 1.79 bits per heavy atom. The molecule has 0 aromatic heterocycles. The monoisotopic (exact) mass is 389 g/mol. The zero-order valence-corrected chi connectivity index (χ0v) is 15.9. The van der Waals surface area contributed by atoms with E-state index in [9.17, 15) is 13.2 Å². The summed E-state index contributed by atoms with van der Waals surface area (Å²) >= 11 is 0. The standard InChI is InChI=1S/C23H26F3NO/c1-2-22(20-9-6-10-21(15-20)23(24,25)26)28-17-19-11-13-27(14-12-19)16-18-7-4-3-5-8-18/h2-10,15,19,22H,1,11-14,16-17H2. The van der Waals surface area contributed by atoms with Crippen molar-refractivity contribution in [1.82, 2.24) is 4.90 Å². The van der Waals surface area contributed by atoms with Crippen molar-refractivity contribution >= 4 is 0 Å². The largest absolute Gasteiger partial charge is 0.416 e. The van der Waals surface area contributed by atoms with Gasteiger partial charge in [-0.05, 0) is 55.1 Å². The summed E-state index contributed by atoms with van der Waals surface area (Å²) in [5.74, 6) is 0.417. The molecule has 150 valence electrons. The van der Waals surface area contributed by atoms with Crippen molar-refractivity contribution in [2.24, 2.45) is 5.92 Å². The Kier molecular flexibility index (Phi) is 6.92. The van der Waals surface area contributed by atoms with E-state index in [1.807, 2.05) is 6.07 Å². The van der Waals surface area contributed by atoms with E-state index < -0.39 is 17.8 Å². The van der Waals surface area contributed by atoms with Crippen molar-refractivity contribution in [1.29, 1.82) is 0 Å². The molecular weight excluding hydrogens is 363 g/mol. The van der Waals surface area contributed by atoms with Crippen LogP contribution in [0.25, 0.3) is 0 Å². The Bertz CT molecular complexity index is 752. The van der Waals surface area contributed by atoms with E-state index in [-0.39, 0.29) is 0 Å². The number of ether oxygens (including phenoxy) is 1. The molecule has 1 fully saturated rings. The normalized spacial score (nSPS) is 17.4. The predicted octanol–water partition coefficient (Wildman–Crippen LogP) is 5.86. The molecule has 3 rings (SSSR count). The van der Waals surface area contributed by atoms with Crippen LogP contribution >= 0.6 is 0 Å². The van der Waals surface area contributed by atoms with Gasteiger partial charge < -0.3 is 4.74 Å². The summed E-state index contributed by atoms with van der Waals surface area (Å²) in [6.07, 6.45) is -1.25. The Morgan fingerprint density at radius 3 is 2.43 bits per heavy atom. The van der Waals surface area contributed by atoms with Crippen molar-refractivity contribution in [2.75, 3.05) is 19.7 Å². The number of piperidine rings is 1. The summed E-state index contributed by atoms with van der Waals surface area (Å²) in [5.41, 5.74) is 1.15. The maximum absolute atomic E-state index is 12.9. The summed E-state index contributed by atoms with van der Waals surface area (Å²) in [7, 11) is 0. The molecule has 1 atom stereocenters. The minimum Gasteiger partial charge on any atom is -0.369 e. The summed E-state index contributed by atoms with van der Waals surface area (Å²) in [6.45, 7) is 7.23. The van der Waals surface area contributed by atoms with Gasteiger partial charge in [-0.2, -0.15) is 13.2 Å². The highest BCUT2D eigenvalue weighted by molar-refractivity contribution is 5.29. The molecule has 1 saturated heterocycles. The second-order valence-electron chi connectivity index (χ2n) is 7.32. The number of benzene rings is 2. The van der Waals surface area contributed by atoms with Crippen molar-refractivity contribution in [3.05, 3.63) is 83.9 Å². The first-order valence-corrected chi connectivity index (χ1v) is 9.63. The zero-order valence-electron chi connectivity index (χ0n) is 15.9. The SMILES string of the molecule is C=CC(OCC1CCN(Cc2ccccc2)CC1)c1cccc(C(F)(F)F)c1. The van der Waals surface area contributed by atoms with E-state index in [2.05, 4.69) is 35.7 Å². The number of hydrogen-bond donors (Lipinski definition) is 0. The van der Waals surface area contributed by atoms with Crippen LogP contribution in [0.3, 0.4) is 0 Å². The first-order valence-electron chi connectivity index (χ1n) is 9.63. The van der Waals surface area contributed by atoms with E-state index in [0.717, 1.165) is 44.6 Å². The molecule has 2 nitrogen and oxygen atoms in total. The number of likely N-dealkylation sites (tertiary alicyclic amines) is 1. The molecule has 1 aliphatic heterocycles. The first-order chi connectivity index (χ1) is 13.5. The molecule has 0 radical (unpaired) electrons. The second-order valence-corrected chi connectivity index (χ2v) is 7.32. The maximum atomic E-state index is 12.9. The van der Waals surface area contributed by atoms with Gasteiger partial charge in [-0.1, -0.05) is 48.5 Å². The smallest absolute Gasteiger partial charge is 0.369 e. The highest BCUT2D eigenvalue weighted by Crippen LogP contribution is 2.32. The molecule has 0 bridgehead atoms. The molecule has 2 aromatic carbocycles. The topological polar surface area (TPSA) is 12.5 Å². The van der Waals surface area contributed by atoms with Gasteiger partial charge in [-0.3, -0.25) is 4.90 Å². The minimum atomic E-state index is -4.35. The molecule has 0 spiro atoms. The van der Waals surface area contributed by atoms with E-state index in [1.54, 1.807) is 12.1 Å². The zero-order chi connectivity index (χ0) is 20.0. The highest BCUT2D eigenvalue weighted by Gasteiger charge is 2.31. The van der Waals surface area contributed by atoms with E-state index in [4.69, 9.17) is 4.74 Å². The number of halogens is 3. The van der Waals surface area contributed by atoms with Gasteiger partial charge in [0, 0.05) is 6.54 Å². The molecule has 0 amide bonds. The van der Waals surface area contributed by atoms with Gasteiger partial charge in [-0.25, -0.2) is 0 Å². The lowest BCUT2D eigenvalue weighted by Gasteiger charge is -2.32. The Hall–Kier alpha value is -2.11. The van der Waals surface area contributed by atoms with Crippen LogP contribution in [0.2, 0.25) is 0 Å². The van der Waals surface area contributed by atoms with Gasteiger partial charge in [0.15, 0.2) is 0 Å². The van der Waals surface area contributed by atoms with Gasteiger partial charge in [-0.15, -0.1) is 6.58 Å². The minimum absolute atomic E-state index is 0.417. The summed E-state index contributed by atoms with van der Waals surface area (Å²) in [4.78, 5) is 2.43. The van der Waals surface area contributed by atoms with Crippen LogP contribution in [0, 0.1) is 5.92 Å². The van der Waals surface area contributed by atoms with Crippen LogP contribution in [-0.2, 0) is 17.5 Å². The fraction of sp³-hybridized carbons (Fsp3) is 0.391. The Labute approximate surface area is 164 Å². The average molecular weight is 389 g/mol. The third kappa shape index (κ3) is 5.69. The van der Waals surface area contributed by atoms with Crippen LogP contribution in [-0.4, -0.2) is 24.6 Å². The Morgan fingerprint density at radius 1 is 1.07 bits per heavy atom. The molecule has 0 saturated carbocycles. The summed E-state index contributed by atoms with van der Waals surface area (Å²) < 4.78 is 44.7. The quantitative estimate of drug-likeness (QED) is 0.550. The van der Waals surface area contributed by atoms with Crippen LogP contribution < -0.4 is 0 Å². The third-order valence-electron chi connectivity index (χ3n) is 5.22. The van der Waals surface area contributed by atoms with E-state index in [1.165, 1.54) is 11.6 Å². The summed E-state index contributed by atoms with van der Waals surface area (Å²) in [5, 5.41) is 0. The molecule has 1 heterocycles. The van der Waals surface area contributed by atoms with Gasteiger partial charge in [0.25, 0.3) is 0 Å². The lowest BCUT2D eigenvalue weighted by atomic mass is 9.97. The van der Waals surface area contributed by atoms with Crippen molar-refractivity contribution in [3.63, 3.8) is 0 Å². The number of nitrogens with zero attached hydrogens (tertiary/aromatic N) is 1. The lowest BCUT2D eigenvalue weighted by molar-refractivity contribution is -0.137. The Balaban J connectivity index is 1.49. The molecule has 1 aliphatic rings. The van der Waals surface area contributed by atoms with E-state index in [0.29, 0.717) is 18.1 Å². The van der Waals surface area contributed by atoms with Gasteiger partial charge in [0.1, 0.15) is 6.10 Å². The van der Waals surface area contributed by atoms with Crippen LogP contribution in [0.15, 0.2) is 67.3 Å². The fourth-order valence-electron chi connectivity index (χ4n) is 3.58. The number of alkyl halides is 3. The fourth-order valence-corrected chi connectivity index (χ4v) is 3.58. The van der Waals surface area contributed by atoms with Crippen molar-refractivity contribution < 1.29 is 17.9 Å². The molecular formula is C23H26F3NO. The molecule has 28 heavy (non-hydrogen) atoms.